The van der Waals surface area contributed by atoms with E-state index in [2.05, 4.69) is 17.1 Å². The molecule has 1 aliphatic rings. The maximum atomic E-state index is 12.4. The molecule has 1 amide bonds. The predicted molar refractivity (Wildman–Crippen MR) is 103 cm³/mol. The molecule has 1 saturated heterocycles. The number of nitro groups is 1. The summed E-state index contributed by atoms with van der Waals surface area (Å²) >= 11 is 5.78. The lowest BCUT2D eigenvalue weighted by Crippen LogP contribution is -2.37. The zero-order valence-electron chi connectivity index (χ0n) is 14.4. The van der Waals surface area contributed by atoms with Gasteiger partial charge in [0.1, 0.15) is 5.02 Å². The van der Waals surface area contributed by atoms with Crippen molar-refractivity contribution in [3.63, 3.8) is 0 Å². The molecule has 26 heavy (non-hydrogen) atoms. The highest BCUT2D eigenvalue weighted by atomic mass is 35.5. The highest BCUT2D eigenvalue weighted by molar-refractivity contribution is 6.32. The van der Waals surface area contributed by atoms with Crippen LogP contribution in [0.5, 0.6) is 0 Å². The van der Waals surface area contributed by atoms with Crippen LogP contribution in [-0.2, 0) is 0 Å². The van der Waals surface area contributed by atoms with E-state index < -0.39 is 10.8 Å². The van der Waals surface area contributed by atoms with E-state index in [1.165, 1.54) is 37.5 Å². The molecule has 0 aliphatic carbocycles. The van der Waals surface area contributed by atoms with Gasteiger partial charge in [0, 0.05) is 35.6 Å². The van der Waals surface area contributed by atoms with Gasteiger partial charge in [-0.25, -0.2) is 0 Å². The van der Waals surface area contributed by atoms with Crippen molar-refractivity contribution >= 4 is 34.6 Å². The highest BCUT2D eigenvalue weighted by Crippen LogP contribution is 2.27. The lowest BCUT2D eigenvalue weighted by Gasteiger charge is -2.35. The summed E-state index contributed by atoms with van der Waals surface area (Å²) in [7, 11) is 0. The number of amides is 1. The van der Waals surface area contributed by atoms with Crippen LogP contribution in [0.3, 0.4) is 0 Å². The molecule has 1 N–H and O–H groups in total. The maximum absolute atomic E-state index is 12.4. The number of hydrogen-bond donors (Lipinski definition) is 1. The third-order valence-corrected chi connectivity index (χ3v) is 4.98. The summed E-state index contributed by atoms with van der Waals surface area (Å²) in [6.07, 6.45) is 3.64. The van der Waals surface area contributed by atoms with Crippen LogP contribution in [0.4, 0.5) is 17.1 Å². The second-order valence-corrected chi connectivity index (χ2v) is 6.87. The Morgan fingerprint density at radius 1 is 1.23 bits per heavy atom. The summed E-state index contributed by atoms with van der Waals surface area (Å²) in [6.45, 7) is 3.27. The standard InChI is InChI=1S/C19H20ClN3O3/c1-13-4-2-3-11-22(13)16-8-6-15(7-9-16)21-19(24)14-5-10-17(20)18(12-14)23(25)26/h5-10,12-13H,2-4,11H2,1H3,(H,21,24)/t13-/m0/s1. The fraction of sp³-hybridized carbons (Fsp3) is 0.316. The maximum Gasteiger partial charge on any atom is 0.288 e. The van der Waals surface area contributed by atoms with Crippen LogP contribution in [-0.4, -0.2) is 23.4 Å². The molecule has 1 heterocycles. The van der Waals surface area contributed by atoms with Crippen LogP contribution in [0.1, 0.15) is 36.5 Å². The Balaban J connectivity index is 1.72. The zero-order chi connectivity index (χ0) is 18.7. The number of benzene rings is 2. The lowest BCUT2D eigenvalue weighted by molar-refractivity contribution is -0.384. The van der Waals surface area contributed by atoms with Crippen molar-refractivity contribution in [1.82, 2.24) is 0 Å². The quantitative estimate of drug-likeness (QED) is 0.612. The van der Waals surface area contributed by atoms with Crippen LogP contribution in [0.2, 0.25) is 5.02 Å². The Hall–Kier alpha value is -2.60. The van der Waals surface area contributed by atoms with Crippen molar-refractivity contribution in [3.8, 4) is 0 Å². The van der Waals surface area contributed by atoms with Gasteiger partial charge in [0.25, 0.3) is 11.6 Å². The van der Waals surface area contributed by atoms with Gasteiger partial charge in [0.15, 0.2) is 0 Å². The van der Waals surface area contributed by atoms with Crippen LogP contribution in [0, 0.1) is 10.1 Å². The second-order valence-electron chi connectivity index (χ2n) is 6.46. The van der Waals surface area contributed by atoms with E-state index in [1.54, 1.807) is 0 Å². The highest BCUT2D eigenvalue weighted by Gasteiger charge is 2.19. The van der Waals surface area contributed by atoms with Gasteiger partial charge in [-0.05, 0) is 62.6 Å². The molecule has 0 radical (unpaired) electrons. The van der Waals surface area contributed by atoms with Gasteiger partial charge in [-0.2, -0.15) is 0 Å². The fourth-order valence-corrected chi connectivity index (χ4v) is 3.40. The van der Waals surface area contributed by atoms with E-state index in [4.69, 9.17) is 11.6 Å². The second kappa shape index (κ2) is 7.74. The van der Waals surface area contributed by atoms with Crippen molar-refractivity contribution in [2.45, 2.75) is 32.2 Å². The minimum Gasteiger partial charge on any atom is -0.369 e. The first-order valence-electron chi connectivity index (χ1n) is 8.57. The number of carbonyl (C=O) groups excluding carboxylic acids is 1. The van der Waals surface area contributed by atoms with Gasteiger partial charge in [-0.15, -0.1) is 0 Å². The molecule has 0 saturated carbocycles. The van der Waals surface area contributed by atoms with E-state index in [0.717, 1.165) is 12.2 Å². The van der Waals surface area contributed by atoms with Gasteiger partial charge >= 0.3 is 0 Å². The smallest absolute Gasteiger partial charge is 0.288 e. The third-order valence-electron chi connectivity index (χ3n) is 4.66. The number of nitrogens with zero attached hydrogens (tertiary/aromatic N) is 2. The van der Waals surface area contributed by atoms with Crippen molar-refractivity contribution in [1.29, 1.82) is 0 Å². The van der Waals surface area contributed by atoms with Crippen LogP contribution < -0.4 is 10.2 Å². The lowest BCUT2D eigenvalue weighted by atomic mass is 10.0. The Bertz CT molecular complexity index is 823. The Morgan fingerprint density at radius 2 is 1.96 bits per heavy atom. The number of piperidine rings is 1. The van der Waals surface area contributed by atoms with Gasteiger partial charge in [0.05, 0.1) is 4.92 Å². The summed E-state index contributed by atoms with van der Waals surface area (Å²) in [6, 6.07) is 12.2. The number of carbonyl (C=O) groups is 1. The molecule has 0 bridgehead atoms. The predicted octanol–water partition coefficient (Wildman–Crippen LogP) is 4.88. The molecule has 7 heteroatoms. The summed E-state index contributed by atoms with van der Waals surface area (Å²) < 4.78 is 0. The Labute approximate surface area is 156 Å². The van der Waals surface area contributed by atoms with E-state index in [9.17, 15) is 14.9 Å². The van der Waals surface area contributed by atoms with Gasteiger partial charge < -0.3 is 10.2 Å². The number of anilines is 2. The number of nitro benzene ring substituents is 1. The minimum absolute atomic E-state index is 0.00607. The molecule has 2 aromatic carbocycles. The molecule has 0 unspecified atom stereocenters. The van der Waals surface area contributed by atoms with Crippen molar-refractivity contribution < 1.29 is 9.72 Å². The van der Waals surface area contributed by atoms with Gasteiger partial charge in [-0.3, -0.25) is 14.9 Å². The van der Waals surface area contributed by atoms with Gasteiger partial charge in [-0.1, -0.05) is 11.6 Å². The van der Waals surface area contributed by atoms with Gasteiger partial charge in [0.2, 0.25) is 0 Å². The molecule has 0 aromatic heterocycles. The topological polar surface area (TPSA) is 75.5 Å². The first-order chi connectivity index (χ1) is 12.5. The first-order valence-corrected chi connectivity index (χ1v) is 8.95. The Kier molecular flexibility index (Phi) is 5.42. The average Bonchev–Trinajstić information content (AvgIpc) is 2.63. The van der Waals surface area contributed by atoms with Crippen LogP contribution in [0.25, 0.3) is 0 Å². The molecular formula is C19H20ClN3O3. The molecule has 1 atom stereocenters. The Morgan fingerprint density at radius 3 is 2.62 bits per heavy atom. The number of rotatable bonds is 4. The van der Waals surface area contributed by atoms with E-state index in [-0.39, 0.29) is 16.3 Å². The van der Waals surface area contributed by atoms with E-state index in [1.807, 2.05) is 24.3 Å². The SMILES string of the molecule is C[C@H]1CCCCN1c1ccc(NC(=O)c2ccc(Cl)c([N+](=O)[O-])c2)cc1. The average molecular weight is 374 g/mol. The molecule has 2 aromatic rings. The zero-order valence-corrected chi connectivity index (χ0v) is 15.2. The molecule has 0 spiro atoms. The third kappa shape index (κ3) is 3.96. The van der Waals surface area contributed by atoms with Crippen LogP contribution >= 0.6 is 11.6 Å². The summed E-state index contributed by atoms with van der Waals surface area (Å²) in [5.41, 5.74) is 1.68. The van der Waals surface area contributed by atoms with Crippen molar-refractivity contribution in [2.24, 2.45) is 0 Å². The molecule has 1 aliphatic heterocycles. The number of halogens is 1. The monoisotopic (exact) mass is 373 g/mol. The van der Waals surface area contributed by atoms with E-state index >= 15 is 0 Å². The largest absolute Gasteiger partial charge is 0.369 e. The minimum atomic E-state index is -0.603. The summed E-state index contributed by atoms with van der Waals surface area (Å²) in [5.74, 6) is -0.413. The van der Waals surface area contributed by atoms with Crippen LogP contribution in [0.15, 0.2) is 42.5 Å². The molecule has 3 rings (SSSR count). The van der Waals surface area contributed by atoms with E-state index in [0.29, 0.717) is 11.7 Å². The summed E-state index contributed by atoms with van der Waals surface area (Å²) in [5, 5.41) is 13.7. The molecule has 1 fully saturated rings. The summed E-state index contributed by atoms with van der Waals surface area (Å²) in [4.78, 5) is 25.1. The van der Waals surface area contributed by atoms with Crippen molar-refractivity contribution in [3.05, 3.63) is 63.2 Å². The van der Waals surface area contributed by atoms with Crippen molar-refractivity contribution in [2.75, 3.05) is 16.8 Å². The first kappa shape index (κ1) is 18.2. The fourth-order valence-electron chi connectivity index (χ4n) is 3.22. The molecular weight excluding hydrogens is 354 g/mol. The molecule has 136 valence electrons. The number of nitrogens with one attached hydrogen (secondary N) is 1. The normalized spacial score (nSPS) is 17.0. The number of hydrogen-bond acceptors (Lipinski definition) is 4. The molecule has 6 nitrogen and oxygen atoms in total.